The number of carbonyl (C=O) groups excluding carboxylic acids is 2. The summed E-state index contributed by atoms with van der Waals surface area (Å²) in [5, 5.41) is -0.314. The fourth-order valence-electron chi connectivity index (χ4n) is 2.29. The molecule has 0 N–H and O–H groups in total. The molecule has 2 aromatic rings. The molecule has 1 aliphatic rings. The van der Waals surface area contributed by atoms with Gasteiger partial charge in [-0.2, -0.15) is 0 Å². The van der Waals surface area contributed by atoms with Crippen LogP contribution in [0.1, 0.15) is 11.1 Å². The summed E-state index contributed by atoms with van der Waals surface area (Å²) >= 11 is 0.922. The second kappa shape index (κ2) is 7.53. The Kier molecular flexibility index (Phi) is 5.19. The van der Waals surface area contributed by atoms with Crippen LogP contribution in [0.15, 0.2) is 53.4 Å². The third-order valence-electron chi connectivity index (χ3n) is 3.65. The summed E-state index contributed by atoms with van der Waals surface area (Å²) in [7, 11) is 0. The number of thioether (sulfide) groups is 1. The third kappa shape index (κ3) is 4.28. The van der Waals surface area contributed by atoms with Crippen LogP contribution >= 0.6 is 11.8 Å². The molecule has 0 aliphatic carbocycles. The number of imide groups is 1. The Morgan fingerprint density at radius 1 is 1.08 bits per heavy atom. The molecule has 1 saturated heterocycles. The smallest absolute Gasteiger partial charge is 0.293 e. The summed E-state index contributed by atoms with van der Waals surface area (Å²) in [6, 6.07) is 13.3. The molecule has 25 heavy (non-hydrogen) atoms. The molecule has 4 nitrogen and oxygen atoms in total. The maximum absolute atomic E-state index is 12.8. The zero-order chi connectivity index (χ0) is 17.8. The normalized spacial score (nSPS) is 15.9. The average Bonchev–Trinajstić information content (AvgIpc) is 2.86. The first-order valence-electron chi connectivity index (χ1n) is 7.73. The standard InChI is InChI=1S/C19H16FNO3S/c1-13-2-4-14(5-3-13)12-17-18(22)21(19(23)25-17)10-11-24-16-8-6-15(20)7-9-16/h2-9,12H,10-11H2,1H3/b17-12-. The Bertz CT molecular complexity index is 816. The SMILES string of the molecule is Cc1ccc(/C=C2\SC(=O)N(CCOc3ccc(F)cc3)C2=O)cc1. The molecule has 128 valence electrons. The van der Waals surface area contributed by atoms with Gasteiger partial charge in [0, 0.05) is 0 Å². The van der Waals surface area contributed by atoms with E-state index in [9.17, 15) is 14.0 Å². The average molecular weight is 357 g/mol. The molecule has 0 radical (unpaired) electrons. The summed E-state index contributed by atoms with van der Waals surface area (Å²) in [4.78, 5) is 26.0. The minimum Gasteiger partial charge on any atom is -0.492 e. The van der Waals surface area contributed by atoms with Crippen LogP contribution < -0.4 is 4.74 Å². The molecule has 0 atom stereocenters. The van der Waals surface area contributed by atoms with E-state index in [1.807, 2.05) is 31.2 Å². The van der Waals surface area contributed by atoms with Crippen LogP contribution in [-0.4, -0.2) is 29.2 Å². The first-order chi connectivity index (χ1) is 12.0. The number of rotatable bonds is 5. The van der Waals surface area contributed by atoms with E-state index in [-0.39, 0.29) is 30.1 Å². The summed E-state index contributed by atoms with van der Waals surface area (Å²) < 4.78 is 18.3. The van der Waals surface area contributed by atoms with Crippen LogP contribution in [0.5, 0.6) is 5.75 Å². The highest BCUT2D eigenvalue weighted by Gasteiger charge is 2.34. The van der Waals surface area contributed by atoms with Crippen LogP contribution in [0.2, 0.25) is 0 Å². The van der Waals surface area contributed by atoms with E-state index >= 15 is 0 Å². The molecular weight excluding hydrogens is 341 g/mol. The van der Waals surface area contributed by atoms with Gasteiger partial charge in [-0.05, 0) is 54.6 Å². The lowest BCUT2D eigenvalue weighted by Gasteiger charge is -2.13. The molecule has 0 unspecified atom stereocenters. The zero-order valence-electron chi connectivity index (χ0n) is 13.6. The summed E-state index contributed by atoms with van der Waals surface area (Å²) in [6.07, 6.45) is 1.71. The maximum Gasteiger partial charge on any atom is 0.293 e. The van der Waals surface area contributed by atoms with Gasteiger partial charge in [-0.1, -0.05) is 29.8 Å². The van der Waals surface area contributed by atoms with Crippen molar-refractivity contribution < 1.29 is 18.7 Å². The van der Waals surface area contributed by atoms with Crippen molar-refractivity contribution in [2.45, 2.75) is 6.92 Å². The lowest BCUT2D eigenvalue weighted by Crippen LogP contribution is -2.32. The van der Waals surface area contributed by atoms with Gasteiger partial charge in [0.2, 0.25) is 0 Å². The Balaban J connectivity index is 1.61. The molecule has 3 rings (SSSR count). The molecule has 0 bridgehead atoms. The van der Waals surface area contributed by atoms with Crippen molar-refractivity contribution in [1.29, 1.82) is 0 Å². The van der Waals surface area contributed by atoms with Crippen molar-refractivity contribution in [2.75, 3.05) is 13.2 Å². The number of halogens is 1. The number of aryl methyl sites for hydroxylation is 1. The summed E-state index contributed by atoms with van der Waals surface area (Å²) in [5.41, 5.74) is 2.00. The van der Waals surface area contributed by atoms with Crippen LogP contribution in [0.25, 0.3) is 6.08 Å². The molecule has 2 amide bonds. The van der Waals surface area contributed by atoms with Crippen molar-refractivity contribution >= 4 is 29.0 Å². The van der Waals surface area contributed by atoms with Gasteiger partial charge in [0.15, 0.2) is 0 Å². The van der Waals surface area contributed by atoms with Crippen molar-refractivity contribution in [3.05, 3.63) is 70.4 Å². The molecule has 0 saturated carbocycles. The van der Waals surface area contributed by atoms with E-state index in [1.54, 1.807) is 6.08 Å². The van der Waals surface area contributed by atoms with Gasteiger partial charge in [-0.15, -0.1) is 0 Å². The van der Waals surface area contributed by atoms with Crippen LogP contribution in [0.3, 0.4) is 0 Å². The van der Waals surface area contributed by atoms with Gasteiger partial charge < -0.3 is 4.74 Å². The number of nitrogens with zero attached hydrogens (tertiary/aromatic N) is 1. The molecule has 1 aliphatic heterocycles. The maximum atomic E-state index is 12.8. The molecule has 6 heteroatoms. The molecular formula is C19H16FNO3S. The molecule has 1 heterocycles. The lowest BCUT2D eigenvalue weighted by atomic mass is 10.1. The van der Waals surface area contributed by atoms with Gasteiger partial charge >= 0.3 is 0 Å². The van der Waals surface area contributed by atoms with Crippen molar-refractivity contribution in [1.82, 2.24) is 4.90 Å². The minimum absolute atomic E-state index is 0.146. The van der Waals surface area contributed by atoms with E-state index in [4.69, 9.17) is 4.74 Å². The van der Waals surface area contributed by atoms with Gasteiger partial charge in [0.1, 0.15) is 18.2 Å². The second-order valence-electron chi connectivity index (χ2n) is 5.55. The van der Waals surface area contributed by atoms with Crippen molar-refractivity contribution in [3.63, 3.8) is 0 Å². The Labute approximate surface area is 149 Å². The number of hydrogen-bond acceptors (Lipinski definition) is 4. The Morgan fingerprint density at radius 2 is 1.76 bits per heavy atom. The van der Waals surface area contributed by atoms with Gasteiger partial charge in [0.25, 0.3) is 11.1 Å². The molecule has 1 fully saturated rings. The molecule has 2 aromatic carbocycles. The predicted molar refractivity (Wildman–Crippen MR) is 95.8 cm³/mol. The largest absolute Gasteiger partial charge is 0.492 e. The van der Waals surface area contributed by atoms with Crippen molar-refractivity contribution in [3.8, 4) is 5.75 Å². The number of amides is 2. The van der Waals surface area contributed by atoms with Gasteiger partial charge in [0.05, 0.1) is 11.4 Å². The predicted octanol–water partition coefficient (Wildman–Crippen LogP) is 4.25. The summed E-state index contributed by atoms with van der Waals surface area (Å²) in [6.45, 7) is 2.29. The first-order valence-corrected chi connectivity index (χ1v) is 8.55. The molecule has 0 spiro atoms. The van der Waals surface area contributed by atoms with E-state index in [1.165, 1.54) is 24.3 Å². The number of hydrogen-bond donors (Lipinski definition) is 0. The number of ether oxygens (including phenoxy) is 1. The van der Waals surface area contributed by atoms with E-state index < -0.39 is 0 Å². The Hall–Kier alpha value is -2.60. The van der Waals surface area contributed by atoms with E-state index in [0.29, 0.717) is 10.7 Å². The number of carbonyl (C=O) groups is 2. The highest BCUT2D eigenvalue weighted by molar-refractivity contribution is 8.18. The van der Waals surface area contributed by atoms with E-state index in [2.05, 4.69) is 0 Å². The second-order valence-corrected chi connectivity index (χ2v) is 6.54. The zero-order valence-corrected chi connectivity index (χ0v) is 14.4. The van der Waals surface area contributed by atoms with Crippen LogP contribution in [0.4, 0.5) is 9.18 Å². The van der Waals surface area contributed by atoms with E-state index in [0.717, 1.165) is 27.8 Å². The highest BCUT2D eigenvalue weighted by Crippen LogP contribution is 2.32. The Morgan fingerprint density at radius 3 is 2.44 bits per heavy atom. The lowest BCUT2D eigenvalue weighted by molar-refractivity contribution is -0.123. The summed E-state index contributed by atoms with van der Waals surface area (Å²) in [5.74, 6) is -0.179. The fraction of sp³-hybridized carbons (Fsp3) is 0.158. The quantitative estimate of drug-likeness (QED) is 0.751. The van der Waals surface area contributed by atoms with Gasteiger partial charge in [-0.25, -0.2) is 4.39 Å². The number of benzene rings is 2. The molecule has 0 aromatic heterocycles. The van der Waals surface area contributed by atoms with Crippen LogP contribution in [0, 0.1) is 12.7 Å². The van der Waals surface area contributed by atoms with Gasteiger partial charge in [-0.3, -0.25) is 14.5 Å². The highest BCUT2D eigenvalue weighted by atomic mass is 32.2. The van der Waals surface area contributed by atoms with Crippen LogP contribution in [-0.2, 0) is 4.79 Å². The first kappa shape index (κ1) is 17.2. The fourth-order valence-corrected chi connectivity index (χ4v) is 3.16. The topological polar surface area (TPSA) is 46.6 Å². The monoisotopic (exact) mass is 357 g/mol. The third-order valence-corrected chi connectivity index (χ3v) is 4.55. The minimum atomic E-state index is -0.348. The van der Waals surface area contributed by atoms with Crippen molar-refractivity contribution in [2.24, 2.45) is 0 Å².